The Bertz CT molecular complexity index is 944. The van der Waals surface area contributed by atoms with Gasteiger partial charge in [0.1, 0.15) is 5.75 Å². The van der Waals surface area contributed by atoms with Crippen LogP contribution in [0.1, 0.15) is 25.8 Å². The molecule has 0 spiro atoms. The number of carbonyl (C=O) groups is 3. The Morgan fingerprint density at radius 3 is 2.32 bits per heavy atom. The van der Waals surface area contributed by atoms with Crippen LogP contribution in [0.5, 0.6) is 5.75 Å². The minimum Gasteiger partial charge on any atom is -0.484 e. The molecule has 0 saturated heterocycles. The van der Waals surface area contributed by atoms with E-state index in [2.05, 4.69) is 21.2 Å². The van der Waals surface area contributed by atoms with Gasteiger partial charge in [0.25, 0.3) is 5.91 Å². The number of hydrogen-bond donors (Lipinski definition) is 3. The van der Waals surface area contributed by atoms with Gasteiger partial charge in [0.15, 0.2) is 6.61 Å². The molecule has 0 aromatic heterocycles. The topological polar surface area (TPSA) is 109 Å². The molecule has 8 nitrogen and oxygen atoms in total. The standard InChI is InChI=1S/C21H22Cl2N4O4/c1-3-13(2)25-20(29)21(30)27-24-11-14-4-6-18(7-5-14)31-12-19(28)26-17-9-15(22)8-16(23)10-17/h4-11,13H,3,12H2,1-2H3,(H,25,29)(H,26,28)(H,27,30)/b24-11-/t13-/m1/s1. The minimum absolute atomic E-state index is 0.0971. The van der Waals surface area contributed by atoms with Crippen LogP contribution >= 0.6 is 23.2 Å². The van der Waals surface area contributed by atoms with E-state index < -0.39 is 11.8 Å². The van der Waals surface area contributed by atoms with E-state index in [9.17, 15) is 14.4 Å². The second kappa shape index (κ2) is 11.9. The SMILES string of the molecule is CC[C@@H](C)NC(=O)C(=O)N/N=C\c1ccc(OCC(=O)Nc2cc(Cl)cc(Cl)c2)cc1. The average Bonchev–Trinajstić information content (AvgIpc) is 2.72. The predicted octanol–water partition coefficient (Wildman–Crippen LogP) is 3.38. The fourth-order valence-electron chi connectivity index (χ4n) is 2.23. The molecule has 2 aromatic rings. The Morgan fingerprint density at radius 2 is 1.71 bits per heavy atom. The van der Waals surface area contributed by atoms with Crippen molar-refractivity contribution in [1.29, 1.82) is 0 Å². The largest absolute Gasteiger partial charge is 0.484 e. The molecule has 2 aromatic carbocycles. The molecule has 0 unspecified atom stereocenters. The fraction of sp³-hybridized carbons (Fsp3) is 0.238. The number of anilines is 1. The molecule has 3 amide bonds. The van der Waals surface area contributed by atoms with E-state index in [1.54, 1.807) is 49.4 Å². The zero-order valence-corrected chi connectivity index (χ0v) is 18.5. The van der Waals surface area contributed by atoms with E-state index in [4.69, 9.17) is 27.9 Å². The summed E-state index contributed by atoms with van der Waals surface area (Å²) < 4.78 is 5.43. The minimum atomic E-state index is -0.844. The molecule has 0 saturated carbocycles. The molecule has 0 aliphatic heterocycles. The maximum absolute atomic E-state index is 12.0. The van der Waals surface area contributed by atoms with Crippen molar-refractivity contribution in [1.82, 2.24) is 10.7 Å². The molecule has 164 valence electrons. The van der Waals surface area contributed by atoms with Crippen LogP contribution in [-0.4, -0.2) is 36.6 Å². The first-order valence-corrected chi connectivity index (χ1v) is 10.1. The van der Waals surface area contributed by atoms with Crippen molar-refractivity contribution in [3.8, 4) is 5.75 Å². The first kappa shape index (κ1) is 24.2. The van der Waals surface area contributed by atoms with Gasteiger partial charge < -0.3 is 15.4 Å². The summed E-state index contributed by atoms with van der Waals surface area (Å²) in [5, 5.41) is 9.75. The molecule has 0 fully saturated rings. The first-order chi connectivity index (χ1) is 14.8. The van der Waals surface area contributed by atoms with Gasteiger partial charge in [-0.05, 0) is 61.4 Å². The van der Waals surface area contributed by atoms with Gasteiger partial charge in [-0.1, -0.05) is 30.1 Å². The zero-order chi connectivity index (χ0) is 22.8. The van der Waals surface area contributed by atoms with Gasteiger partial charge in [0.05, 0.1) is 6.21 Å². The van der Waals surface area contributed by atoms with Crippen molar-refractivity contribution in [3.05, 3.63) is 58.1 Å². The highest BCUT2D eigenvalue weighted by Crippen LogP contribution is 2.22. The number of nitrogens with zero attached hydrogens (tertiary/aromatic N) is 1. The third-order valence-corrected chi connectivity index (χ3v) is 4.41. The number of benzene rings is 2. The Morgan fingerprint density at radius 1 is 1.06 bits per heavy atom. The van der Waals surface area contributed by atoms with E-state index in [1.165, 1.54) is 6.21 Å². The van der Waals surface area contributed by atoms with Crippen molar-refractivity contribution < 1.29 is 19.1 Å². The van der Waals surface area contributed by atoms with Gasteiger partial charge >= 0.3 is 11.8 Å². The van der Waals surface area contributed by atoms with E-state index in [0.717, 1.165) is 0 Å². The van der Waals surface area contributed by atoms with Gasteiger partial charge in [-0.15, -0.1) is 0 Å². The van der Waals surface area contributed by atoms with Gasteiger partial charge in [-0.25, -0.2) is 5.43 Å². The van der Waals surface area contributed by atoms with Crippen molar-refractivity contribution in [2.24, 2.45) is 5.10 Å². The average molecular weight is 465 g/mol. The summed E-state index contributed by atoms with van der Waals surface area (Å²) in [6.45, 7) is 3.49. The van der Waals surface area contributed by atoms with Crippen molar-refractivity contribution in [3.63, 3.8) is 0 Å². The maximum Gasteiger partial charge on any atom is 0.329 e. The third kappa shape index (κ3) is 8.65. The van der Waals surface area contributed by atoms with Crippen LogP contribution in [0.25, 0.3) is 0 Å². The van der Waals surface area contributed by atoms with E-state index in [-0.39, 0.29) is 18.6 Å². The summed E-state index contributed by atoms with van der Waals surface area (Å²) in [4.78, 5) is 35.3. The number of amides is 3. The van der Waals surface area contributed by atoms with Gasteiger partial charge in [0.2, 0.25) is 0 Å². The Kier molecular flexibility index (Phi) is 9.30. The quantitative estimate of drug-likeness (QED) is 0.316. The molecule has 0 heterocycles. The van der Waals surface area contributed by atoms with Crippen LogP contribution in [0.2, 0.25) is 10.0 Å². The lowest BCUT2D eigenvalue weighted by atomic mass is 10.2. The molecule has 0 aliphatic carbocycles. The number of ether oxygens (including phenoxy) is 1. The van der Waals surface area contributed by atoms with Crippen LogP contribution in [0, 0.1) is 0 Å². The highest BCUT2D eigenvalue weighted by molar-refractivity contribution is 6.35. The normalized spacial score (nSPS) is 11.6. The van der Waals surface area contributed by atoms with Gasteiger partial charge in [0, 0.05) is 21.8 Å². The van der Waals surface area contributed by atoms with Crippen LogP contribution in [0.4, 0.5) is 5.69 Å². The lowest BCUT2D eigenvalue weighted by Gasteiger charge is -2.09. The highest BCUT2D eigenvalue weighted by Gasteiger charge is 2.14. The number of hydrazone groups is 1. The zero-order valence-electron chi connectivity index (χ0n) is 16.9. The van der Waals surface area contributed by atoms with Gasteiger partial charge in [-0.2, -0.15) is 5.10 Å². The molecule has 0 aliphatic rings. The summed E-state index contributed by atoms with van der Waals surface area (Å²) in [7, 11) is 0. The smallest absolute Gasteiger partial charge is 0.329 e. The molecular weight excluding hydrogens is 443 g/mol. The van der Waals surface area contributed by atoms with E-state index in [0.29, 0.717) is 33.5 Å². The summed E-state index contributed by atoms with van der Waals surface area (Å²) in [5.74, 6) is -1.49. The summed E-state index contributed by atoms with van der Waals surface area (Å²) in [5.41, 5.74) is 3.29. The van der Waals surface area contributed by atoms with Crippen LogP contribution in [-0.2, 0) is 14.4 Å². The second-order valence-corrected chi connectivity index (χ2v) is 7.42. The second-order valence-electron chi connectivity index (χ2n) is 6.55. The van der Waals surface area contributed by atoms with Crippen molar-refractivity contribution >= 4 is 52.8 Å². The van der Waals surface area contributed by atoms with Crippen LogP contribution in [0.3, 0.4) is 0 Å². The lowest BCUT2D eigenvalue weighted by molar-refractivity contribution is -0.139. The van der Waals surface area contributed by atoms with Crippen molar-refractivity contribution in [2.45, 2.75) is 26.3 Å². The molecule has 10 heteroatoms. The summed E-state index contributed by atoms with van der Waals surface area (Å²) in [6.07, 6.45) is 2.10. The molecule has 31 heavy (non-hydrogen) atoms. The number of halogens is 2. The number of hydrogen-bond acceptors (Lipinski definition) is 5. The lowest BCUT2D eigenvalue weighted by Crippen LogP contribution is -2.41. The predicted molar refractivity (Wildman–Crippen MR) is 121 cm³/mol. The summed E-state index contributed by atoms with van der Waals surface area (Å²) in [6, 6.07) is 11.3. The number of rotatable bonds is 8. The molecule has 1 atom stereocenters. The monoisotopic (exact) mass is 464 g/mol. The summed E-state index contributed by atoms with van der Waals surface area (Å²) >= 11 is 11.8. The molecule has 0 radical (unpaired) electrons. The van der Waals surface area contributed by atoms with Gasteiger partial charge in [-0.3, -0.25) is 14.4 Å². The van der Waals surface area contributed by atoms with Crippen LogP contribution in [0.15, 0.2) is 47.6 Å². The number of carbonyl (C=O) groups excluding carboxylic acids is 3. The molecule has 2 rings (SSSR count). The van der Waals surface area contributed by atoms with Crippen molar-refractivity contribution in [2.75, 3.05) is 11.9 Å². The highest BCUT2D eigenvalue weighted by atomic mass is 35.5. The molecule has 3 N–H and O–H groups in total. The Labute approximate surface area is 189 Å². The Hall–Kier alpha value is -3.10. The van der Waals surface area contributed by atoms with E-state index in [1.807, 2.05) is 6.92 Å². The first-order valence-electron chi connectivity index (χ1n) is 9.39. The van der Waals surface area contributed by atoms with E-state index >= 15 is 0 Å². The maximum atomic E-state index is 12.0. The molecule has 0 bridgehead atoms. The fourth-order valence-corrected chi connectivity index (χ4v) is 2.76. The number of nitrogens with one attached hydrogen (secondary N) is 3. The van der Waals surface area contributed by atoms with Crippen LogP contribution < -0.4 is 20.8 Å². The Balaban J connectivity index is 1.79. The third-order valence-electron chi connectivity index (χ3n) is 3.97. The molecular formula is C21H22Cl2N4O4.